The van der Waals surface area contributed by atoms with Crippen molar-refractivity contribution in [2.45, 2.75) is 52.5 Å². The molecule has 0 aromatic heterocycles. The molecule has 1 aliphatic heterocycles. The zero-order valence-corrected chi connectivity index (χ0v) is 13.1. The molecule has 0 spiro atoms. The summed E-state index contributed by atoms with van der Waals surface area (Å²) < 4.78 is 5.28. The number of rotatable bonds is 6. The highest BCUT2D eigenvalue weighted by Crippen LogP contribution is 2.28. The van der Waals surface area contributed by atoms with Crippen molar-refractivity contribution in [1.29, 1.82) is 0 Å². The van der Waals surface area contributed by atoms with Gasteiger partial charge in [0.25, 0.3) is 0 Å². The number of methoxy groups -OCH3 is 1. The summed E-state index contributed by atoms with van der Waals surface area (Å²) in [6.45, 7) is 11.0. The van der Waals surface area contributed by atoms with Crippen LogP contribution in [-0.2, 0) is 9.53 Å². The minimum atomic E-state index is -0.0601. The Labute approximate surface area is 117 Å². The first kappa shape index (κ1) is 16.4. The van der Waals surface area contributed by atoms with Crippen LogP contribution in [0, 0.1) is 11.3 Å². The first-order chi connectivity index (χ1) is 8.79. The molecule has 0 bridgehead atoms. The van der Waals surface area contributed by atoms with Crippen molar-refractivity contribution in [3.63, 3.8) is 0 Å². The molecule has 1 aliphatic rings. The van der Waals surface area contributed by atoms with Crippen LogP contribution in [0.4, 0.5) is 0 Å². The number of carbonyl (C=O) groups excluding carboxylic acids is 1. The van der Waals surface area contributed by atoms with Gasteiger partial charge in [-0.1, -0.05) is 27.7 Å². The standard InChI is InChI=1S/C15H30N2O2/c1-12(14(2,3)4)9-13(18)16-10-15(11-19-5)7-6-8-17-15/h12,17H,6-11H2,1-5H3,(H,16,18). The van der Waals surface area contributed by atoms with Gasteiger partial charge >= 0.3 is 0 Å². The molecule has 0 aliphatic carbocycles. The fourth-order valence-corrected chi connectivity index (χ4v) is 2.39. The summed E-state index contributed by atoms with van der Waals surface area (Å²) in [5, 5.41) is 6.54. The Morgan fingerprint density at radius 3 is 2.63 bits per heavy atom. The molecule has 0 aromatic rings. The highest BCUT2D eigenvalue weighted by Gasteiger charge is 2.34. The summed E-state index contributed by atoms with van der Waals surface area (Å²) in [7, 11) is 1.71. The van der Waals surface area contributed by atoms with Crippen LogP contribution in [0.2, 0.25) is 0 Å². The van der Waals surface area contributed by atoms with Crippen LogP contribution in [0.1, 0.15) is 47.0 Å². The third-order valence-electron chi connectivity index (χ3n) is 4.35. The van der Waals surface area contributed by atoms with Gasteiger partial charge in [0.1, 0.15) is 0 Å². The normalized spacial score (nSPS) is 25.3. The molecule has 2 unspecified atom stereocenters. The summed E-state index contributed by atoms with van der Waals surface area (Å²) in [6.07, 6.45) is 2.81. The average Bonchev–Trinajstić information content (AvgIpc) is 2.75. The van der Waals surface area contributed by atoms with E-state index >= 15 is 0 Å². The average molecular weight is 270 g/mol. The highest BCUT2D eigenvalue weighted by atomic mass is 16.5. The van der Waals surface area contributed by atoms with Gasteiger partial charge in [-0.3, -0.25) is 4.79 Å². The molecule has 0 aromatic carbocycles. The van der Waals surface area contributed by atoms with Crippen molar-refractivity contribution in [1.82, 2.24) is 10.6 Å². The molecular weight excluding hydrogens is 240 g/mol. The van der Waals surface area contributed by atoms with Crippen molar-refractivity contribution in [2.24, 2.45) is 11.3 Å². The zero-order chi connectivity index (χ0) is 14.5. The SMILES string of the molecule is COCC1(CNC(=O)CC(C)C(C)(C)C)CCCN1. The lowest BCUT2D eigenvalue weighted by molar-refractivity contribution is -0.123. The molecule has 2 atom stereocenters. The van der Waals surface area contributed by atoms with Crippen LogP contribution in [0.15, 0.2) is 0 Å². The van der Waals surface area contributed by atoms with Gasteiger partial charge < -0.3 is 15.4 Å². The third-order valence-corrected chi connectivity index (χ3v) is 4.35. The summed E-state index contributed by atoms with van der Waals surface area (Å²) in [4.78, 5) is 12.0. The number of nitrogens with one attached hydrogen (secondary N) is 2. The number of ether oxygens (including phenoxy) is 1. The maximum Gasteiger partial charge on any atom is 0.220 e. The van der Waals surface area contributed by atoms with Gasteiger partial charge in [-0.2, -0.15) is 0 Å². The predicted molar refractivity (Wildman–Crippen MR) is 78.1 cm³/mol. The van der Waals surface area contributed by atoms with Crippen LogP contribution < -0.4 is 10.6 Å². The smallest absolute Gasteiger partial charge is 0.220 e. The lowest BCUT2D eigenvalue weighted by Crippen LogP contribution is -2.53. The van der Waals surface area contributed by atoms with E-state index < -0.39 is 0 Å². The monoisotopic (exact) mass is 270 g/mol. The molecule has 1 fully saturated rings. The van der Waals surface area contributed by atoms with Gasteiger partial charge in [-0.25, -0.2) is 0 Å². The minimum absolute atomic E-state index is 0.0601. The second kappa shape index (κ2) is 6.71. The number of carbonyl (C=O) groups is 1. The van der Waals surface area contributed by atoms with Crippen molar-refractivity contribution >= 4 is 5.91 Å². The lowest BCUT2D eigenvalue weighted by atomic mass is 9.80. The first-order valence-corrected chi connectivity index (χ1v) is 7.30. The van der Waals surface area contributed by atoms with Crippen LogP contribution in [-0.4, -0.2) is 38.3 Å². The second-order valence-electron chi connectivity index (χ2n) is 6.99. The van der Waals surface area contributed by atoms with Crippen LogP contribution in [0.25, 0.3) is 0 Å². The van der Waals surface area contributed by atoms with Gasteiger partial charge in [0.2, 0.25) is 5.91 Å². The molecule has 112 valence electrons. The molecule has 4 nitrogen and oxygen atoms in total. The molecule has 2 N–H and O–H groups in total. The maximum atomic E-state index is 12.0. The maximum absolute atomic E-state index is 12.0. The quantitative estimate of drug-likeness (QED) is 0.775. The molecule has 1 heterocycles. The molecular formula is C15H30N2O2. The number of hydrogen-bond acceptors (Lipinski definition) is 3. The summed E-state index contributed by atoms with van der Waals surface area (Å²) in [5.74, 6) is 0.522. The Balaban J connectivity index is 2.40. The van der Waals surface area contributed by atoms with Crippen molar-refractivity contribution in [3.8, 4) is 0 Å². The summed E-state index contributed by atoms with van der Waals surface area (Å²) in [5.41, 5.74) is 0.114. The van der Waals surface area contributed by atoms with Gasteiger partial charge in [0, 0.05) is 20.1 Å². The first-order valence-electron chi connectivity index (χ1n) is 7.30. The van der Waals surface area contributed by atoms with Crippen molar-refractivity contribution < 1.29 is 9.53 Å². The van der Waals surface area contributed by atoms with E-state index in [4.69, 9.17) is 4.74 Å². The molecule has 1 saturated heterocycles. The Bertz CT molecular complexity index is 291. The zero-order valence-electron chi connectivity index (χ0n) is 13.1. The Kier molecular flexibility index (Phi) is 5.81. The van der Waals surface area contributed by atoms with E-state index in [1.54, 1.807) is 7.11 Å². The number of amides is 1. The Hall–Kier alpha value is -0.610. The van der Waals surface area contributed by atoms with Gasteiger partial charge in [0.15, 0.2) is 0 Å². The summed E-state index contributed by atoms with van der Waals surface area (Å²) >= 11 is 0. The molecule has 1 rings (SSSR count). The molecule has 19 heavy (non-hydrogen) atoms. The van der Waals surface area contributed by atoms with Crippen molar-refractivity contribution in [3.05, 3.63) is 0 Å². The predicted octanol–water partition coefficient (Wildman–Crippen LogP) is 1.94. The molecule has 1 amide bonds. The number of hydrogen-bond donors (Lipinski definition) is 2. The fraction of sp³-hybridized carbons (Fsp3) is 0.933. The highest BCUT2D eigenvalue weighted by molar-refractivity contribution is 5.76. The van der Waals surface area contributed by atoms with E-state index in [1.165, 1.54) is 0 Å². The van der Waals surface area contributed by atoms with Gasteiger partial charge in [0.05, 0.1) is 12.1 Å². The van der Waals surface area contributed by atoms with E-state index in [1.807, 2.05) is 0 Å². The van der Waals surface area contributed by atoms with Crippen LogP contribution in [0.3, 0.4) is 0 Å². The van der Waals surface area contributed by atoms with Crippen LogP contribution in [0.5, 0.6) is 0 Å². The van der Waals surface area contributed by atoms with Gasteiger partial charge in [-0.05, 0) is 30.7 Å². The van der Waals surface area contributed by atoms with E-state index in [-0.39, 0.29) is 16.9 Å². The Morgan fingerprint density at radius 1 is 1.47 bits per heavy atom. The minimum Gasteiger partial charge on any atom is -0.383 e. The summed E-state index contributed by atoms with van der Waals surface area (Å²) in [6, 6.07) is 0. The topological polar surface area (TPSA) is 50.4 Å². The second-order valence-corrected chi connectivity index (χ2v) is 6.99. The largest absolute Gasteiger partial charge is 0.383 e. The molecule has 4 heteroatoms. The van der Waals surface area contributed by atoms with E-state index in [0.29, 0.717) is 25.5 Å². The van der Waals surface area contributed by atoms with Gasteiger partial charge in [-0.15, -0.1) is 0 Å². The fourth-order valence-electron chi connectivity index (χ4n) is 2.39. The molecule has 0 saturated carbocycles. The van der Waals surface area contributed by atoms with Crippen LogP contribution >= 0.6 is 0 Å². The van der Waals surface area contributed by atoms with Crippen molar-refractivity contribution in [2.75, 3.05) is 26.8 Å². The van der Waals surface area contributed by atoms with E-state index in [2.05, 4.69) is 38.3 Å². The molecule has 0 radical (unpaired) electrons. The van der Waals surface area contributed by atoms with E-state index in [0.717, 1.165) is 19.4 Å². The van der Waals surface area contributed by atoms with E-state index in [9.17, 15) is 4.79 Å². The third kappa shape index (κ3) is 5.11. The lowest BCUT2D eigenvalue weighted by Gasteiger charge is -2.30. The Morgan fingerprint density at radius 2 is 2.16 bits per heavy atom.